The highest BCUT2D eigenvalue weighted by atomic mass is 32.2. The molecule has 6 nitrogen and oxygen atoms in total. The number of sulfonamides is 1. The van der Waals surface area contributed by atoms with E-state index in [9.17, 15) is 8.42 Å². The summed E-state index contributed by atoms with van der Waals surface area (Å²) in [5.74, 6) is 1.43. The third kappa shape index (κ3) is 5.29. The van der Waals surface area contributed by atoms with Gasteiger partial charge in [0.25, 0.3) is 10.0 Å². The van der Waals surface area contributed by atoms with Gasteiger partial charge in [-0.2, -0.15) is 0 Å². The van der Waals surface area contributed by atoms with Gasteiger partial charge in [0.05, 0.1) is 30.0 Å². The largest absolute Gasteiger partial charge is 0.493 e. The maximum Gasteiger partial charge on any atom is 0.261 e. The smallest absolute Gasteiger partial charge is 0.261 e. The van der Waals surface area contributed by atoms with Crippen molar-refractivity contribution in [2.45, 2.75) is 36.7 Å². The molecule has 1 aromatic heterocycles. The molecular formula is C25H26N2O4S. The predicted molar refractivity (Wildman–Crippen MR) is 126 cm³/mol. The Labute approximate surface area is 189 Å². The Morgan fingerprint density at radius 2 is 1.78 bits per heavy atom. The topological polar surface area (TPSA) is 77.5 Å². The first-order chi connectivity index (χ1) is 15.5. The lowest BCUT2D eigenvalue weighted by atomic mass is 10.1. The van der Waals surface area contributed by atoms with E-state index in [1.54, 1.807) is 49.7 Å². The number of nitrogens with zero attached hydrogens (tertiary/aromatic N) is 1. The van der Waals surface area contributed by atoms with Gasteiger partial charge in [0, 0.05) is 11.8 Å². The second kappa shape index (κ2) is 9.87. The normalized spacial score (nSPS) is 14.5. The summed E-state index contributed by atoms with van der Waals surface area (Å²) in [6, 6.07) is 15.8. The van der Waals surface area contributed by atoms with E-state index in [4.69, 9.17) is 9.47 Å². The molecule has 1 fully saturated rings. The minimum absolute atomic E-state index is 0.197. The minimum atomic E-state index is -3.71. The van der Waals surface area contributed by atoms with Crippen LogP contribution in [0.5, 0.6) is 11.5 Å². The Balaban J connectivity index is 1.56. The van der Waals surface area contributed by atoms with Gasteiger partial charge in [0.1, 0.15) is 0 Å². The van der Waals surface area contributed by atoms with Crippen molar-refractivity contribution in [2.24, 2.45) is 0 Å². The SMILES string of the molecule is COc1ccc(C=Cc2ccncc2NS(=O)(=O)c2ccccc2)cc1OC1CCCC1. The summed E-state index contributed by atoms with van der Waals surface area (Å²) in [7, 11) is -2.07. The fourth-order valence-electron chi connectivity index (χ4n) is 3.70. The lowest BCUT2D eigenvalue weighted by molar-refractivity contribution is 0.201. The zero-order chi connectivity index (χ0) is 22.4. The number of methoxy groups -OCH3 is 1. The lowest BCUT2D eigenvalue weighted by Gasteiger charge is -2.16. The summed E-state index contributed by atoms with van der Waals surface area (Å²) >= 11 is 0. The molecule has 0 amide bonds. The Morgan fingerprint density at radius 1 is 1.00 bits per heavy atom. The van der Waals surface area contributed by atoms with Crippen molar-refractivity contribution in [3.63, 3.8) is 0 Å². The quantitative estimate of drug-likeness (QED) is 0.498. The number of pyridine rings is 1. The van der Waals surface area contributed by atoms with Crippen LogP contribution in [0.2, 0.25) is 0 Å². The van der Waals surface area contributed by atoms with Crippen molar-refractivity contribution in [3.8, 4) is 11.5 Å². The molecule has 32 heavy (non-hydrogen) atoms. The highest BCUT2D eigenvalue weighted by Crippen LogP contribution is 2.33. The number of hydrogen-bond donors (Lipinski definition) is 1. The van der Waals surface area contributed by atoms with E-state index in [1.807, 2.05) is 30.4 Å². The fraction of sp³-hybridized carbons (Fsp3) is 0.240. The van der Waals surface area contributed by atoms with Crippen molar-refractivity contribution < 1.29 is 17.9 Å². The van der Waals surface area contributed by atoms with Gasteiger partial charge in [-0.25, -0.2) is 8.42 Å². The molecule has 166 valence electrons. The van der Waals surface area contributed by atoms with Gasteiger partial charge >= 0.3 is 0 Å². The number of rotatable bonds is 8. The first kappa shape index (κ1) is 21.9. The van der Waals surface area contributed by atoms with Gasteiger partial charge in [-0.05, 0) is 61.6 Å². The molecule has 0 unspecified atom stereocenters. The third-order valence-electron chi connectivity index (χ3n) is 5.39. The number of hydrogen-bond acceptors (Lipinski definition) is 5. The van der Waals surface area contributed by atoms with Gasteiger partial charge in [0.15, 0.2) is 11.5 Å². The van der Waals surface area contributed by atoms with Crippen LogP contribution in [0.3, 0.4) is 0 Å². The highest BCUT2D eigenvalue weighted by molar-refractivity contribution is 7.92. The van der Waals surface area contributed by atoms with Crippen LogP contribution in [-0.2, 0) is 10.0 Å². The monoisotopic (exact) mass is 450 g/mol. The number of benzene rings is 2. The third-order valence-corrected chi connectivity index (χ3v) is 6.77. The molecule has 1 N–H and O–H groups in total. The van der Waals surface area contributed by atoms with Crippen LogP contribution in [0, 0.1) is 0 Å². The summed E-state index contributed by atoms with van der Waals surface area (Å²) in [4.78, 5) is 4.27. The van der Waals surface area contributed by atoms with E-state index in [2.05, 4.69) is 9.71 Å². The van der Waals surface area contributed by atoms with Gasteiger partial charge in [-0.3, -0.25) is 9.71 Å². The Bertz CT molecular complexity index is 1190. The molecule has 7 heteroatoms. The molecule has 3 aromatic rings. The second-order valence-corrected chi connectivity index (χ2v) is 9.33. The molecular weight excluding hydrogens is 424 g/mol. The average Bonchev–Trinajstić information content (AvgIpc) is 3.32. The lowest BCUT2D eigenvalue weighted by Crippen LogP contribution is -2.13. The number of anilines is 1. The van der Waals surface area contributed by atoms with Crippen LogP contribution >= 0.6 is 0 Å². The van der Waals surface area contributed by atoms with E-state index in [-0.39, 0.29) is 11.0 Å². The molecule has 0 bridgehead atoms. The van der Waals surface area contributed by atoms with Gasteiger partial charge in [0.2, 0.25) is 0 Å². The van der Waals surface area contributed by atoms with Crippen LogP contribution in [0.4, 0.5) is 5.69 Å². The molecule has 2 aromatic carbocycles. The summed E-state index contributed by atoms with van der Waals surface area (Å²) in [5.41, 5.74) is 2.03. The zero-order valence-electron chi connectivity index (χ0n) is 17.9. The Morgan fingerprint density at radius 3 is 2.53 bits per heavy atom. The first-order valence-electron chi connectivity index (χ1n) is 10.6. The van der Waals surface area contributed by atoms with Crippen LogP contribution in [0.1, 0.15) is 36.8 Å². The molecule has 4 rings (SSSR count). The molecule has 1 saturated carbocycles. The summed E-state index contributed by atoms with van der Waals surface area (Å²) in [6.45, 7) is 0. The maximum absolute atomic E-state index is 12.7. The van der Waals surface area contributed by atoms with E-state index in [1.165, 1.54) is 19.0 Å². The van der Waals surface area contributed by atoms with Crippen molar-refractivity contribution in [2.75, 3.05) is 11.8 Å². The molecule has 0 radical (unpaired) electrons. The van der Waals surface area contributed by atoms with Gasteiger partial charge in [-0.1, -0.05) is 36.4 Å². The maximum atomic E-state index is 12.7. The van der Waals surface area contributed by atoms with E-state index in [0.717, 1.165) is 24.2 Å². The fourth-order valence-corrected chi connectivity index (χ4v) is 4.79. The Kier molecular flexibility index (Phi) is 6.75. The minimum Gasteiger partial charge on any atom is -0.493 e. The highest BCUT2D eigenvalue weighted by Gasteiger charge is 2.18. The summed E-state index contributed by atoms with van der Waals surface area (Å²) < 4.78 is 39.7. The van der Waals surface area contributed by atoms with Crippen molar-refractivity contribution in [1.29, 1.82) is 0 Å². The van der Waals surface area contributed by atoms with Crippen LogP contribution in [0.15, 0.2) is 71.9 Å². The standard InChI is InChI=1S/C25H26N2O4S/c1-30-24-14-12-19(17-25(24)31-21-7-5-6-8-21)11-13-20-15-16-26-18-23(20)27-32(28,29)22-9-3-2-4-10-22/h2-4,9-18,21,27H,5-8H2,1H3. The molecule has 0 saturated heterocycles. The van der Waals surface area contributed by atoms with Crippen molar-refractivity contribution in [3.05, 3.63) is 78.1 Å². The number of nitrogens with one attached hydrogen (secondary N) is 1. The molecule has 0 atom stereocenters. The zero-order valence-corrected chi connectivity index (χ0v) is 18.7. The van der Waals surface area contributed by atoms with Gasteiger partial charge < -0.3 is 9.47 Å². The van der Waals surface area contributed by atoms with Gasteiger partial charge in [-0.15, -0.1) is 0 Å². The Hall–Kier alpha value is -3.32. The van der Waals surface area contributed by atoms with Crippen LogP contribution in [0.25, 0.3) is 12.2 Å². The number of ether oxygens (including phenoxy) is 2. The first-order valence-corrected chi connectivity index (χ1v) is 12.1. The van der Waals surface area contributed by atoms with Crippen LogP contribution < -0.4 is 14.2 Å². The number of aromatic nitrogens is 1. The average molecular weight is 451 g/mol. The molecule has 1 aliphatic rings. The van der Waals surface area contributed by atoms with Crippen LogP contribution in [-0.4, -0.2) is 26.6 Å². The molecule has 0 spiro atoms. The van der Waals surface area contributed by atoms with E-state index in [0.29, 0.717) is 17.0 Å². The summed E-state index contributed by atoms with van der Waals surface area (Å²) in [6.07, 6.45) is 11.6. The van der Waals surface area contributed by atoms with Crippen molar-refractivity contribution >= 4 is 27.9 Å². The molecule has 1 heterocycles. The van der Waals surface area contributed by atoms with E-state index >= 15 is 0 Å². The summed E-state index contributed by atoms with van der Waals surface area (Å²) in [5, 5.41) is 0. The van der Waals surface area contributed by atoms with E-state index < -0.39 is 10.0 Å². The predicted octanol–water partition coefficient (Wildman–Crippen LogP) is 5.38. The second-order valence-electron chi connectivity index (χ2n) is 7.65. The molecule has 1 aliphatic carbocycles. The molecule has 0 aliphatic heterocycles. The van der Waals surface area contributed by atoms with Crippen molar-refractivity contribution in [1.82, 2.24) is 4.98 Å².